The molecule has 0 radical (unpaired) electrons. The fourth-order valence-corrected chi connectivity index (χ4v) is 1.65. The highest BCUT2D eigenvalue weighted by Crippen LogP contribution is 2.18. The molecule has 0 aliphatic carbocycles. The van der Waals surface area contributed by atoms with Crippen molar-refractivity contribution >= 4 is 23.3 Å². The van der Waals surface area contributed by atoms with Crippen molar-refractivity contribution in [2.75, 3.05) is 5.73 Å². The SMILES string of the molecule is CC(=NN)c1ccc(Cl)c(Cn2nnc(N)n2)c1. The number of benzene rings is 1. The molecule has 0 fully saturated rings. The van der Waals surface area contributed by atoms with E-state index in [4.69, 9.17) is 23.2 Å². The Balaban J connectivity index is 2.32. The summed E-state index contributed by atoms with van der Waals surface area (Å²) >= 11 is 6.11. The Morgan fingerprint density at radius 3 is 2.89 bits per heavy atom. The first-order chi connectivity index (χ1) is 8.60. The molecule has 0 atom stereocenters. The van der Waals surface area contributed by atoms with E-state index in [0.717, 1.165) is 16.8 Å². The normalized spacial score (nSPS) is 11.8. The van der Waals surface area contributed by atoms with Gasteiger partial charge in [0, 0.05) is 5.02 Å². The number of halogens is 1. The zero-order valence-electron chi connectivity index (χ0n) is 9.71. The van der Waals surface area contributed by atoms with Crippen LogP contribution in [0.1, 0.15) is 18.1 Å². The number of anilines is 1. The average Bonchev–Trinajstić information content (AvgIpc) is 2.76. The molecular weight excluding hydrogens is 254 g/mol. The molecule has 0 spiro atoms. The molecule has 7 nitrogen and oxygen atoms in total. The second-order valence-corrected chi connectivity index (χ2v) is 4.11. The Labute approximate surface area is 108 Å². The molecule has 94 valence electrons. The molecule has 0 bridgehead atoms. The van der Waals surface area contributed by atoms with Crippen LogP contribution in [0, 0.1) is 0 Å². The Morgan fingerprint density at radius 2 is 2.28 bits per heavy atom. The fraction of sp³-hybridized carbons (Fsp3) is 0.200. The van der Waals surface area contributed by atoms with Crippen LogP contribution in [0.4, 0.5) is 5.95 Å². The summed E-state index contributed by atoms with van der Waals surface area (Å²) in [5.41, 5.74) is 7.85. The zero-order valence-corrected chi connectivity index (χ0v) is 10.5. The molecule has 0 saturated carbocycles. The summed E-state index contributed by atoms with van der Waals surface area (Å²) in [4.78, 5) is 1.37. The van der Waals surface area contributed by atoms with Crippen molar-refractivity contribution in [1.29, 1.82) is 0 Å². The fourth-order valence-electron chi connectivity index (χ4n) is 1.47. The van der Waals surface area contributed by atoms with E-state index in [1.165, 1.54) is 4.80 Å². The lowest BCUT2D eigenvalue weighted by atomic mass is 10.1. The largest absolute Gasteiger partial charge is 0.365 e. The van der Waals surface area contributed by atoms with Gasteiger partial charge in [0.15, 0.2) is 0 Å². The quantitative estimate of drug-likeness (QED) is 0.481. The monoisotopic (exact) mass is 265 g/mol. The molecule has 2 aromatic rings. The van der Waals surface area contributed by atoms with Gasteiger partial charge < -0.3 is 11.6 Å². The number of nitrogens with two attached hydrogens (primary N) is 2. The standard InChI is InChI=1S/C10H12ClN7/c1-6(14-13)7-2-3-9(11)8(4-7)5-18-16-10(12)15-17-18/h2-4H,5,13H2,1H3,(H2,12,16). The van der Waals surface area contributed by atoms with Gasteiger partial charge in [-0.1, -0.05) is 22.8 Å². The number of aromatic nitrogens is 4. The summed E-state index contributed by atoms with van der Waals surface area (Å²) in [5.74, 6) is 5.37. The molecule has 4 N–H and O–H groups in total. The van der Waals surface area contributed by atoms with Crippen molar-refractivity contribution in [2.45, 2.75) is 13.5 Å². The van der Waals surface area contributed by atoms with Gasteiger partial charge >= 0.3 is 0 Å². The summed E-state index contributed by atoms with van der Waals surface area (Å²) in [6.07, 6.45) is 0. The molecule has 1 aromatic heterocycles. The number of hydrogen-bond donors (Lipinski definition) is 2. The van der Waals surface area contributed by atoms with Gasteiger partial charge in [-0.15, -0.1) is 5.10 Å². The number of hydrogen-bond acceptors (Lipinski definition) is 6. The second-order valence-electron chi connectivity index (χ2n) is 3.70. The lowest BCUT2D eigenvalue weighted by molar-refractivity contribution is 0.573. The van der Waals surface area contributed by atoms with Crippen molar-refractivity contribution in [3.63, 3.8) is 0 Å². The Bertz CT molecular complexity index is 590. The molecule has 8 heteroatoms. The Hall–Kier alpha value is -2.15. The van der Waals surface area contributed by atoms with Crippen LogP contribution in [0.5, 0.6) is 0 Å². The van der Waals surface area contributed by atoms with Gasteiger partial charge in [-0.25, -0.2) is 0 Å². The molecule has 2 rings (SSSR count). The topological polar surface area (TPSA) is 108 Å². The highest BCUT2D eigenvalue weighted by atomic mass is 35.5. The number of hydrazone groups is 1. The third kappa shape index (κ3) is 2.57. The van der Waals surface area contributed by atoms with Crippen LogP contribution < -0.4 is 11.6 Å². The third-order valence-corrected chi connectivity index (χ3v) is 2.81. The predicted molar refractivity (Wildman–Crippen MR) is 69.2 cm³/mol. The molecule has 0 unspecified atom stereocenters. The van der Waals surface area contributed by atoms with E-state index < -0.39 is 0 Å². The van der Waals surface area contributed by atoms with Crippen molar-refractivity contribution in [3.8, 4) is 0 Å². The van der Waals surface area contributed by atoms with Crippen molar-refractivity contribution in [3.05, 3.63) is 34.3 Å². The summed E-state index contributed by atoms with van der Waals surface area (Å²) in [6.45, 7) is 2.20. The first-order valence-electron chi connectivity index (χ1n) is 5.16. The average molecular weight is 266 g/mol. The molecule has 0 amide bonds. The number of nitrogens with zero attached hydrogens (tertiary/aromatic N) is 5. The minimum Gasteiger partial charge on any atom is -0.365 e. The van der Waals surface area contributed by atoms with Crippen molar-refractivity contribution in [1.82, 2.24) is 20.2 Å². The van der Waals surface area contributed by atoms with E-state index in [-0.39, 0.29) is 5.95 Å². The van der Waals surface area contributed by atoms with Crippen LogP contribution >= 0.6 is 11.6 Å². The first kappa shape index (κ1) is 12.3. The van der Waals surface area contributed by atoms with Gasteiger partial charge in [0.1, 0.15) is 0 Å². The number of nitrogen functional groups attached to an aromatic ring is 1. The highest BCUT2D eigenvalue weighted by molar-refractivity contribution is 6.31. The maximum Gasteiger partial charge on any atom is 0.260 e. The maximum absolute atomic E-state index is 6.11. The Kier molecular flexibility index (Phi) is 3.42. The van der Waals surface area contributed by atoms with E-state index in [1.807, 2.05) is 19.1 Å². The van der Waals surface area contributed by atoms with Gasteiger partial charge in [-0.3, -0.25) is 0 Å². The maximum atomic E-state index is 6.11. The van der Waals surface area contributed by atoms with Crippen molar-refractivity contribution in [2.24, 2.45) is 10.9 Å². The molecule has 18 heavy (non-hydrogen) atoms. The van der Waals surface area contributed by atoms with Crippen LogP contribution in [0.3, 0.4) is 0 Å². The third-order valence-electron chi connectivity index (χ3n) is 2.44. The van der Waals surface area contributed by atoms with Crippen LogP contribution in [0.2, 0.25) is 5.02 Å². The highest BCUT2D eigenvalue weighted by Gasteiger charge is 2.07. The lowest BCUT2D eigenvalue weighted by Gasteiger charge is -2.06. The predicted octanol–water partition coefficient (Wildman–Crippen LogP) is 0.640. The van der Waals surface area contributed by atoms with E-state index in [2.05, 4.69) is 20.5 Å². The first-order valence-corrected chi connectivity index (χ1v) is 5.54. The molecule has 0 aliphatic heterocycles. The van der Waals surface area contributed by atoms with Crippen LogP contribution in [-0.2, 0) is 6.54 Å². The van der Waals surface area contributed by atoms with Gasteiger partial charge in [0.05, 0.1) is 12.3 Å². The van der Waals surface area contributed by atoms with E-state index in [9.17, 15) is 0 Å². The van der Waals surface area contributed by atoms with E-state index in [0.29, 0.717) is 11.6 Å². The van der Waals surface area contributed by atoms with Gasteiger partial charge in [0.25, 0.3) is 5.95 Å². The molecule has 1 heterocycles. The zero-order chi connectivity index (χ0) is 13.1. The summed E-state index contributed by atoms with van der Waals surface area (Å²) < 4.78 is 0. The minimum atomic E-state index is 0.127. The summed E-state index contributed by atoms with van der Waals surface area (Å²) in [6, 6.07) is 5.51. The molecule has 1 aromatic carbocycles. The van der Waals surface area contributed by atoms with E-state index >= 15 is 0 Å². The van der Waals surface area contributed by atoms with Gasteiger partial charge in [-0.2, -0.15) is 9.90 Å². The van der Waals surface area contributed by atoms with Crippen LogP contribution in [-0.4, -0.2) is 25.9 Å². The van der Waals surface area contributed by atoms with Gasteiger partial charge in [0.2, 0.25) is 0 Å². The van der Waals surface area contributed by atoms with E-state index in [1.54, 1.807) is 6.07 Å². The Morgan fingerprint density at radius 1 is 1.50 bits per heavy atom. The second kappa shape index (κ2) is 5.01. The lowest BCUT2D eigenvalue weighted by Crippen LogP contribution is -2.07. The van der Waals surface area contributed by atoms with Crippen LogP contribution in [0.25, 0.3) is 0 Å². The van der Waals surface area contributed by atoms with Crippen LogP contribution in [0.15, 0.2) is 23.3 Å². The molecule has 0 saturated heterocycles. The smallest absolute Gasteiger partial charge is 0.260 e. The molecular formula is C10H12ClN7. The van der Waals surface area contributed by atoms with Crippen molar-refractivity contribution < 1.29 is 0 Å². The molecule has 0 aliphatic rings. The summed E-state index contributed by atoms with van der Waals surface area (Å²) in [5, 5.41) is 15.5. The minimum absolute atomic E-state index is 0.127. The summed E-state index contributed by atoms with van der Waals surface area (Å²) in [7, 11) is 0. The number of tetrazole rings is 1. The number of rotatable bonds is 3. The van der Waals surface area contributed by atoms with Gasteiger partial charge in [-0.05, 0) is 35.4 Å².